The molecule has 11 nitrogen and oxygen atoms in total. The van der Waals surface area contributed by atoms with Crippen LogP contribution in [0.2, 0.25) is 0 Å². The molecule has 0 aromatic carbocycles. The molecule has 3 fully saturated rings. The maximum atomic E-state index is 12.2. The number of hydrogen-bond acceptors (Lipinski definition) is 8. The topological polar surface area (TPSA) is 119 Å². The van der Waals surface area contributed by atoms with Crippen LogP contribution in [0.25, 0.3) is 0 Å². The predicted octanol–water partition coefficient (Wildman–Crippen LogP) is -1.11. The highest BCUT2D eigenvalue weighted by Crippen LogP contribution is 2.15. The molecule has 1 unspecified atom stereocenters. The molecule has 0 aromatic heterocycles. The summed E-state index contributed by atoms with van der Waals surface area (Å²) in [6, 6.07) is 0. The molecule has 3 saturated heterocycles. The number of ether oxygens (including phenoxy) is 2. The van der Waals surface area contributed by atoms with E-state index in [4.69, 9.17) is 20.6 Å². The monoisotopic (exact) mass is 439 g/mol. The molecule has 3 aliphatic heterocycles. The van der Waals surface area contributed by atoms with Crippen molar-refractivity contribution in [3.05, 3.63) is 0 Å². The molecule has 1 atom stereocenters. The summed E-state index contributed by atoms with van der Waals surface area (Å²) in [7, 11) is 1.42. The molecule has 0 bridgehead atoms. The molecular weight excluding hydrogens is 402 g/mol. The first kappa shape index (κ1) is 23.6. The number of nitrogens with one attached hydrogen (secondary N) is 1. The van der Waals surface area contributed by atoms with Crippen LogP contribution in [0, 0.1) is 5.41 Å². The van der Waals surface area contributed by atoms with Crippen molar-refractivity contribution in [1.82, 2.24) is 24.5 Å². The first-order valence-corrected chi connectivity index (χ1v) is 11.2. The van der Waals surface area contributed by atoms with E-state index in [2.05, 4.69) is 14.7 Å². The number of guanidine groups is 1. The Morgan fingerprint density at radius 1 is 1.03 bits per heavy atom. The number of hydrogen-bond donors (Lipinski definition) is 2. The van der Waals surface area contributed by atoms with Gasteiger partial charge in [-0.05, 0) is 13.0 Å². The third-order valence-corrected chi connectivity index (χ3v) is 6.35. The standard InChI is InChI=1S/C20H37N7O4/c1-30-18(28)3-6-24-7-9-25(10-8-24)15-17-16-27(20(29)31-17)5-2-4-23-11-13-26(14-12-23)19(21)22/h17H,2-16H2,1H3,(H3,21,22). The summed E-state index contributed by atoms with van der Waals surface area (Å²) in [4.78, 5) is 34.2. The number of rotatable bonds is 9. The number of carbonyl (C=O) groups excluding carboxylic acids is 2. The molecule has 1 amide bonds. The van der Waals surface area contributed by atoms with E-state index >= 15 is 0 Å². The Balaban J connectivity index is 1.28. The lowest BCUT2D eigenvalue weighted by Gasteiger charge is -2.35. The summed E-state index contributed by atoms with van der Waals surface area (Å²) < 4.78 is 10.3. The molecule has 3 rings (SSSR count). The number of nitrogens with two attached hydrogens (primary N) is 1. The number of amides is 1. The van der Waals surface area contributed by atoms with Crippen molar-refractivity contribution >= 4 is 18.0 Å². The summed E-state index contributed by atoms with van der Waals surface area (Å²) in [5, 5.41) is 7.50. The molecule has 176 valence electrons. The van der Waals surface area contributed by atoms with Crippen molar-refractivity contribution in [2.24, 2.45) is 5.73 Å². The summed E-state index contributed by atoms with van der Waals surface area (Å²) in [6.07, 6.45) is 1.06. The Labute approximate surface area is 184 Å². The van der Waals surface area contributed by atoms with Gasteiger partial charge in [0.1, 0.15) is 6.10 Å². The molecule has 0 aromatic rings. The second-order valence-corrected chi connectivity index (χ2v) is 8.49. The van der Waals surface area contributed by atoms with Gasteiger partial charge >= 0.3 is 12.1 Å². The summed E-state index contributed by atoms with van der Waals surface area (Å²) in [5.41, 5.74) is 5.54. The molecule has 3 N–H and O–H groups in total. The van der Waals surface area contributed by atoms with Gasteiger partial charge < -0.3 is 29.9 Å². The molecule has 3 aliphatic rings. The van der Waals surface area contributed by atoms with Gasteiger partial charge in [-0.3, -0.25) is 20.0 Å². The van der Waals surface area contributed by atoms with Crippen molar-refractivity contribution < 1.29 is 19.1 Å². The largest absolute Gasteiger partial charge is 0.469 e. The fourth-order valence-electron chi connectivity index (χ4n) is 4.38. The highest BCUT2D eigenvalue weighted by Gasteiger charge is 2.33. The Hall–Kier alpha value is -2.11. The molecule has 0 spiro atoms. The van der Waals surface area contributed by atoms with E-state index in [1.54, 1.807) is 0 Å². The average Bonchev–Trinajstić information content (AvgIpc) is 3.12. The van der Waals surface area contributed by atoms with Gasteiger partial charge in [0, 0.05) is 72.0 Å². The fourth-order valence-corrected chi connectivity index (χ4v) is 4.38. The van der Waals surface area contributed by atoms with Crippen molar-refractivity contribution in [2.45, 2.75) is 18.9 Å². The van der Waals surface area contributed by atoms with Crippen LogP contribution in [0.1, 0.15) is 12.8 Å². The number of nitrogens with zero attached hydrogens (tertiary/aromatic N) is 5. The second kappa shape index (κ2) is 11.5. The lowest BCUT2D eigenvalue weighted by atomic mass is 10.2. The predicted molar refractivity (Wildman–Crippen MR) is 116 cm³/mol. The smallest absolute Gasteiger partial charge is 0.410 e. The minimum atomic E-state index is -0.205. The van der Waals surface area contributed by atoms with Gasteiger partial charge in [-0.1, -0.05) is 0 Å². The summed E-state index contributed by atoms with van der Waals surface area (Å²) in [6.45, 7) is 10.8. The Morgan fingerprint density at radius 3 is 2.29 bits per heavy atom. The normalized spacial score (nSPS) is 23.8. The van der Waals surface area contributed by atoms with Crippen LogP contribution >= 0.6 is 0 Å². The average molecular weight is 440 g/mol. The zero-order valence-corrected chi connectivity index (χ0v) is 18.6. The maximum absolute atomic E-state index is 12.2. The van der Waals surface area contributed by atoms with Gasteiger partial charge in [0.15, 0.2) is 5.96 Å². The Morgan fingerprint density at radius 2 is 1.65 bits per heavy atom. The lowest BCUT2D eigenvalue weighted by Crippen LogP contribution is -2.51. The highest BCUT2D eigenvalue weighted by atomic mass is 16.6. The van der Waals surface area contributed by atoms with E-state index in [0.717, 1.165) is 78.4 Å². The van der Waals surface area contributed by atoms with E-state index in [1.807, 2.05) is 9.80 Å². The van der Waals surface area contributed by atoms with Crippen LogP contribution in [0.5, 0.6) is 0 Å². The van der Waals surface area contributed by atoms with Gasteiger partial charge in [0.2, 0.25) is 0 Å². The highest BCUT2D eigenvalue weighted by molar-refractivity contribution is 5.74. The van der Waals surface area contributed by atoms with Crippen LogP contribution in [0.15, 0.2) is 0 Å². The van der Waals surface area contributed by atoms with Crippen LogP contribution < -0.4 is 5.73 Å². The molecule has 3 heterocycles. The molecule has 0 radical (unpaired) electrons. The van der Waals surface area contributed by atoms with Crippen LogP contribution in [0.3, 0.4) is 0 Å². The quantitative estimate of drug-likeness (QED) is 0.262. The minimum absolute atomic E-state index is 0.0757. The summed E-state index contributed by atoms with van der Waals surface area (Å²) >= 11 is 0. The third-order valence-electron chi connectivity index (χ3n) is 6.35. The summed E-state index contributed by atoms with van der Waals surface area (Å²) in [5.74, 6) is -0.0215. The number of piperazine rings is 2. The van der Waals surface area contributed by atoms with E-state index in [9.17, 15) is 9.59 Å². The number of esters is 1. The van der Waals surface area contributed by atoms with Crippen molar-refractivity contribution in [3.8, 4) is 0 Å². The van der Waals surface area contributed by atoms with Gasteiger partial charge in [-0.25, -0.2) is 4.79 Å². The van der Waals surface area contributed by atoms with Gasteiger partial charge in [0.05, 0.1) is 20.1 Å². The van der Waals surface area contributed by atoms with E-state index < -0.39 is 0 Å². The third kappa shape index (κ3) is 7.22. The van der Waals surface area contributed by atoms with E-state index in [0.29, 0.717) is 19.5 Å². The Bertz CT molecular complexity index is 619. The van der Waals surface area contributed by atoms with Crippen molar-refractivity contribution in [3.63, 3.8) is 0 Å². The number of cyclic esters (lactones) is 1. The van der Waals surface area contributed by atoms with Gasteiger partial charge in [-0.15, -0.1) is 0 Å². The molecule has 0 aliphatic carbocycles. The van der Waals surface area contributed by atoms with Gasteiger partial charge in [-0.2, -0.15) is 0 Å². The zero-order chi connectivity index (χ0) is 22.2. The second-order valence-electron chi connectivity index (χ2n) is 8.49. The van der Waals surface area contributed by atoms with Gasteiger partial charge in [0.25, 0.3) is 0 Å². The first-order chi connectivity index (χ1) is 14.9. The first-order valence-electron chi connectivity index (χ1n) is 11.2. The lowest BCUT2D eigenvalue weighted by molar-refractivity contribution is -0.141. The molecular formula is C20H37N7O4. The number of carbonyl (C=O) groups is 2. The molecule has 0 saturated carbocycles. The fraction of sp³-hybridized carbons (Fsp3) is 0.850. The SMILES string of the molecule is COC(=O)CCN1CCN(CC2CN(CCCN3CCN(C(=N)N)CC3)C(=O)O2)CC1. The molecule has 31 heavy (non-hydrogen) atoms. The van der Waals surface area contributed by atoms with Crippen LogP contribution in [-0.4, -0.2) is 141 Å². The van der Waals surface area contributed by atoms with Crippen LogP contribution in [0.4, 0.5) is 4.79 Å². The number of methoxy groups -OCH3 is 1. The van der Waals surface area contributed by atoms with E-state index in [-0.39, 0.29) is 24.1 Å². The maximum Gasteiger partial charge on any atom is 0.410 e. The molecule has 11 heteroatoms. The van der Waals surface area contributed by atoms with Crippen LogP contribution in [-0.2, 0) is 14.3 Å². The Kier molecular flexibility index (Phi) is 8.73. The van der Waals surface area contributed by atoms with E-state index in [1.165, 1.54) is 7.11 Å². The van der Waals surface area contributed by atoms with Crippen molar-refractivity contribution in [2.75, 3.05) is 92.2 Å². The minimum Gasteiger partial charge on any atom is -0.469 e. The van der Waals surface area contributed by atoms with Crippen molar-refractivity contribution in [1.29, 1.82) is 5.41 Å². The zero-order valence-electron chi connectivity index (χ0n) is 18.6.